The highest BCUT2D eigenvalue weighted by molar-refractivity contribution is 7.13. The van der Waals surface area contributed by atoms with Crippen LogP contribution >= 0.6 is 22.7 Å². The minimum Gasteiger partial charge on any atom is -0.375 e. The van der Waals surface area contributed by atoms with E-state index < -0.39 is 0 Å². The smallest absolute Gasteiger partial charge is 0.180 e. The molecule has 0 atom stereocenters. The molecule has 2 N–H and O–H groups in total. The first-order valence-corrected chi connectivity index (χ1v) is 6.09. The zero-order chi connectivity index (χ0) is 10.7. The van der Waals surface area contributed by atoms with E-state index in [1.807, 2.05) is 5.38 Å². The Morgan fingerprint density at radius 1 is 1.40 bits per heavy atom. The Kier molecular flexibility index (Phi) is 3.08. The molecule has 0 fully saturated rings. The summed E-state index contributed by atoms with van der Waals surface area (Å²) in [5.41, 5.74) is 7.96. The van der Waals surface area contributed by atoms with Gasteiger partial charge in [-0.1, -0.05) is 0 Å². The largest absolute Gasteiger partial charge is 0.375 e. The number of hydrogen-bond acceptors (Lipinski definition) is 6. The van der Waals surface area contributed by atoms with Crippen LogP contribution in [0.3, 0.4) is 0 Å². The van der Waals surface area contributed by atoms with Crippen LogP contribution in [0.4, 0.5) is 5.13 Å². The Labute approximate surface area is 94.8 Å². The molecular weight excluding hydrogens is 230 g/mol. The molecule has 0 spiro atoms. The molecule has 6 heteroatoms. The molecule has 78 valence electrons. The van der Waals surface area contributed by atoms with E-state index in [0.29, 0.717) is 18.0 Å². The quantitative estimate of drug-likeness (QED) is 0.878. The lowest BCUT2D eigenvalue weighted by Gasteiger charge is -1.94. The van der Waals surface area contributed by atoms with Gasteiger partial charge in [-0.3, -0.25) is 9.78 Å². The topological polar surface area (TPSA) is 68.9 Å². The minimum absolute atomic E-state index is 0.143. The van der Waals surface area contributed by atoms with Crippen molar-refractivity contribution in [2.24, 2.45) is 0 Å². The van der Waals surface area contributed by atoms with Gasteiger partial charge < -0.3 is 5.73 Å². The Morgan fingerprint density at radius 2 is 2.27 bits per heavy atom. The van der Waals surface area contributed by atoms with Gasteiger partial charge >= 0.3 is 0 Å². The lowest BCUT2D eigenvalue weighted by molar-refractivity contribution is -0.117. The fourth-order valence-corrected chi connectivity index (χ4v) is 2.38. The van der Waals surface area contributed by atoms with Crippen molar-refractivity contribution in [1.29, 1.82) is 0 Å². The number of carbonyl (C=O) groups excluding carboxylic acids is 1. The summed E-state index contributed by atoms with van der Waals surface area (Å²) in [4.78, 5) is 20.5. The van der Waals surface area contributed by atoms with Crippen molar-refractivity contribution in [2.45, 2.75) is 12.8 Å². The van der Waals surface area contributed by atoms with Gasteiger partial charge in [0.25, 0.3) is 0 Å². The standard InChI is InChI=1S/C9H9N3OS2/c10-9-12-6(4-14-9)1-7(13)2-8-3-11-5-15-8/h3-5H,1-2H2,(H2,10,12). The molecule has 0 aromatic carbocycles. The van der Waals surface area contributed by atoms with Crippen molar-refractivity contribution in [3.63, 3.8) is 0 Å². The molecule has 0 saturated carbocycles. The second kappa shape index (κ2) is 4.50. The summed E-state index contributed by atoms with van der Waals surface area (Å²) >= 11 is 2.85. The van der Waals surface area contributed by atoms with Gasteiger partial charge in [-0.05, 0) is 0 Å². The first kappa shape index (κ1) is 10.3. The van der Waals surface area contributed by atoms with Crippen molar-refractivity contribution in [3.8, 4) is 0 Å². The van der Waals surface area contributed by atoms with E-state index in [1.54, 1.807) is 11.7 Å². The molecule has 0 bridgehead atoms. The molecular formula is C9H9N3OS2. The van der Waals surface area contributed by atoms with Crippen LogP contribution in [0.2, 0.25) is 0 Å². The fraction of sp³-hybridized carbons (Fsp3) is 0.222. The second-order valence-electron chi connectivity index (χ2n) is 3.04. The van der Waals surface area contributed by atoms with E-state index >= 15 is 0 Å². The molecule has 0 aliphatic carbocycles. The average molecular weight is 239 g/mol. The summed E-state index contributed by atoms with van der Waals surface area (Å²) in [5.74, 6) is 0.143. The molecule has 0 amide bonds. The number of rotatable bonds is 4. The van der Waals surface area contributed by atoms with Crippen LogP contribution in [-0.4, -0.2) is 15.8 Å². The van der Waals surface area contributed by atoms with Gasteiger partial charge in [0.05, 0.1) is 11.2 Å². The van der Waals surface area contributed by atoms with Gasteiger partial charge in [0, 0.05) is 29.3 Å². The molecule has 0 aliphatic heterocycles. The van der Waals surface area contributed by atoms with Gasteiger partial charge in [-0.2, -0.15) is 0 Å². The van der Waals surface area contributed by atoms with E-state index in [2.05, 4.69) is 9.97 Å². The normalized spacial score (nSPS) is 10.4. The average Bonchev–Trinajstić information content (AvgIpc) is 2.77. The fourth-order valence-electron chi connectivity index (χ4n) is 1.19. The van der Waals surface area contributed by atoms with Crippen LogP contribution in [0.5, 0.6) is 0 Å². The first-order chi connectivity index (χ1) is 7.24. The highest BCUT2D eigenvalue weighted by Crippen LogP contribution is 2.13. The van der Waals surface area contributed by atoms with Crippen LogP contribution < -0.4 is 5.73 Å². The lowest BCUT2D eigenvalue weighted by Crippen LogP contribution is -2.05. The lowest BCUT2D eigenvalue weighted by atomic mass is 10.2. The Balaban J connectivity index is 1.93. The molecule has 0 aliphatic rings. The van der Waals surface area contributed by atoms with Gasteiger partial charge in [-0.25, -0.2) is 4.98 Å². The van der Waals surface area contributed by atoms with Gasteiger partial charge in [0.15, 0.2) is 5.13 Å². The molecule has 2 heterocycles. The molecule has 4 nitrogen and oxygen atoms in total. The van der Waals surface area contributed by atoms with Crippen LogP contribution in [0.25, 0.3) is 0 Å². The number of thiazole rings is 2. The molecule has 2 aromatic heterocycles. The maximum Gasteiger partial charge on any atom is 0.180 e. The highest BCUT2D eigenvalue weighted by atomic mass is 32.1. The third-order valence-corrected chi connectivity index (χ3v) is 3.30. The maximum atomic E-state index is 11.6. The summed E-state index contributed by atoms with van der Waals surface area (Å²) < 4.78 is 0. The van der Waals surface area contributed by atoms with E-state index in [9.17, 15) is 4.79 Å². The summed E-state index contributed by atoms with van der Waals surface area (Å²) in [7, 11) is 0. The summed E-state index contributed by atoms with van der Waals surface area (Å²) in [6, 6.07) is 0. The second-order valence-corrected chi connectivity index (χ2v) is 4.90. The van der Waals surface area contributed by atoms with Crippen molar-refractivity contribution in [2.75, 3.05) is 5.73 Å². The van der Waals surface area contributed by atoms with Gasteiger partial charge in [0.2, 0.25) is 0 Å². The summed E-state index contributed by atoms with van der Waals surface area (Å²) in [5, 5.41) is 2.33. The summed E-state index contributed by atoms with van der Waals surface area (Å²) in [6.45, 7) is 0. The van der Waals surface area contributed by atoms with Crippen molar-refractivity contribution in [3.05, 3.63) is 27.7 Å². The van der Waals surface area contributed by atoms with Crippen LogP contribution in [0.15, 0.2) is 17.1 Å². The van der Waals surface area contributed by atoms with Crippen molar-refractivity contribution < 1.29 is 4.79 Å². The number of Topliss-reactive ketones (excluding diaryl/α,β-unsaturated/α-hetero) is 1. The van der Waals surface area contributed by atoms with Crippen LogP contribution in [-0.2, 0) is 17.6 Å². The molecule has 15 heavy (non-hydrogen) atoms. The molecule has 0 unspecified atom stereocenters. The number of hydrogen-bond donors (Lipinski definition) is 1. The molecule has 0 radical (unpaired) electrons. The number of nitrogen functional groups attached to an aromatic ring is 1. The third-order valence-electron chi connectivity index (χ3n) is 1.80. The number of aromatic nitrogens is 2. The first-order valence-electron chi connectivity index (χ1n) is 4.33. The van der Waals surface area contributed by atoms with Gasteiger partial charge in [0.1, 0.15) is 5.78 Å². The minimum atomic E-state index is 0.143. The van der Waals surface area contributed by atoms with E-state index in [-0.39, 0.29) is 5.78 Å². The number of nitrogens with zero attached hydrogens (tertiary/aromatic N) is 2. The third kappa shape index (κ3) is 2.84. The van der Waals surface area contributed by atoms with E-state index in [1.165, 1.54) is 22.7 Å². The van der Waals surface area contributed by atoms with E-state index in [4.69, 9.17) is 5.73 Å². The zero-order valence-electron chi connectivity index (χ0n) is 7.84. The molecule has 2 rings (SSSR count). The van der Waals surface area contributed by atoms with Crippen molar-refractivity contribution in [1.82, 2.24) is 9.97 Å². The van der Waals surface area contributed by atoms with Crippen molar-refractivity contribution >= 4 is 33.6 Å². The monoisotopic (exact) mass is 239 g/mol. The van der Waals surface area contributed by atoms with Crippen LogP contribution in [0.1, 0.15) is 10.6 Å². The van der Waals surface area contributed by atoms with Gasteiger partial charge in [-0.15, -0.1) is 22.7 Å². The van der Waals surface area contributed by atoms with Crippen LogP contribution in [0, 0.1) is 0 Å². The Morgan fingerprint density at radius 3 is 2.87 bits per heavy atom. The SMILES string of the molecule is Nc1nc(CC(=O)Cc2cncs2)cs1. The maximum absolute atomic E-state index is 11.6. The predicted molar refractivity (Wildman–Crippen MR) is 61.1 cm³/mol. The number of ketones is 1. The number of carbonyl (C=O) groups is 1. The number of nitrogens with two attached hydrogens (primary N) is 1. The highest BCUT2D eigenvalue weighted by Gasteiger charge is 2.08. The summed E-state index contributed by atoms with van der Waals surface area (Å²) in [6.07, 6.45) is 2.51. The predicted octanol–water partition coefficient (Wildman–Crippen LogP) is 1.54. The molecule has 0 saturated heterocycles. The zero-order valence-corrected chi connectivity index (χ0v) is 9.48. The Hall–Kier alpha value is -1.27. The Bertz CT molecular complexity index is 450. The molecule has 2 aromatic rings. The van der Waals surface area contributed by atoms with E-state index in [0.717, 1.165) is 10.6 Å². The number of anilines is 1.